The predicted molar refractivity (Wildman–Crippen MR) is 105 cm³/mol. The van der Waals surface area contributed by atoms with Crippen LogP contribution in [-0.2, 0) is 16.0 Å². The van der Waals surface area contributed by atoms with Crippen LogP contribution < -0.4 is 10.6 Å². The van der Waals surface area contributed by atoms with Gasteiger partial charge in [-0.1, -0.05) is 18.2 Å². The molecule has 0 bridgehead atoms. The number of rotatable bonds is 3. The number of ether oxygens (including phenoxy) is 1. The summed E-state index contributed by atoms with van der Waals surface area (Å²) in [5.41, 5.74) is 0.691. The number of benzene rings is 1. The van der Waals surface area contributed by atoms with Gasteiger partial charge in [-0.2, -0.15) is 5.10 Å². The van der Waals surface area contributed by atoms with Gasteiger partial charge in [0.2, 0.25) is 5.91 Å². The number of piperidine rings is 1. The monoisotopic (exact) mass is 394 g/mol. The van der Waals surface area contributed by atoms with Crippen LogP contribution >= 0.6 is 12.4 Å². The van der Waals surface area contributed by atoms with Gasteiger partial charge in [0.25, 0.3) is 0 Å². The summed E-state index contributed by atoms with van der Waals surface area (Å²) in [6.07, 6.45) is 1.91. The Kier molecular flexibility index (Phi) is 5.76. The van der Waals surface area contributed by atoms with Gasteiger partial charge in [0.1, 0.15) is 6.10 Å². The first-order chi connectivity index (χ1) is 12.5. The van der Waals surface area contributed by atoms with Gasteiger partial charge in [0.05, 0.1) is 35.4 Å². The van der Waals surface area contributed by atoms with E-state index in [1.54, 1.807) is 0 Å². The van der Waals surface area contributed by atoms with Crippen molar-refractivity contribution >= 4 is 29.2 Å². The topological polar surface area (TPSA) is 99.3 Å². The first-order valence-electron chi connectivity index (χ1n) is 9.26. The Morgan fingerprint density at radius 1 is 1.37 bits per heavy atom. The fourth-order valence-electron chi connectivity index (χ4n) is 4.28. The van der Waals surface area contributed by atoms with Crippen molar-refractivity contribution in [1.29, 1.82) is 0 Å². The van der Waals surface area contributed by atoms with Gasteiger partial charge >= 0.3 is 0 Å². The summed E-state index contributed by atoms with van der Waals surface area (Å²) in [7, 11) is 0. The quantitative estimate of drug-likeness (QED) is 0.629. The molecule has 1 amide bonds. The minimum Gasteiger partial charge on any atom is -0.388 e. The number of aromatic nitrogens is 2. The second kappa shape index (κ2) is 7.75. The third kappa shape index (κ3) is 3.96. The molecule has 8 heteroatoms. The molecule has 2 aliphatic heterocycles. The molecule has 148 valence electrons. The van der Waals surface area contributed by atoms with Crippen molar-refractivity contribution in [3.63, 3.8) is 0 Å². The van der Waals surface area contributed by atoms with Gasteiger partial charge in [0.15, 0.2) is 0 Å². The Hall–Kier alpha value is -1.67. The molecule has 1 spiro atoms. The van der Waals surface area contributed by atoms with Crippen LogP contribution in [0.5, 0.6) is 0 Å². The Morgan fingerprint density at radius 3 is 2.89 bits per heavy atom. The lowest BCUT2D eigenvalue weighted by atomic mass is 9.75. The van der Waals surface area contributed by atoms with Crippen molar-refractivity contribution in [2.45, 2.75) is 49.9 Å². The zero-order valence-electron chi connectivity index (χ0n) is 15.5. The highest BCUT2D eigenvalue weighted by molar-refractivity contribution is 5.87. The number of para-hydroxylation sites is 1. The average molecular weight is 395 g/mol. The number of H-pyrrole nitrogens is 1. The second-order valence-corrected chi connectivity index (χ2v) is 7.80. The Bertz CT molecular complexity index is 805. The first-order valence-corrected chi connectivity index (χ1v) is 9.26. The summed E-state index contributed by atoms with van der Waals surface area (Å²) in [5.74, 6) is -0.119. The molecule has 2 fully saturated rings. The van der Waals surface area contributed by atoms with Crippen molar-refractivity contribution in [3.05, 3.63) is 30.0 Å². The Labute approximate surface area is 164 Å². The van der Waals surface area contributed by atoms with Gasteiger partial charge in [-0.3, -0.25) is 9.89 Å². The summed E-state index contributed by atoms with van der Waals surface area (Å²) in [6, 6.07) is 7.72. The molecule has 0 unspecified atom stereocenters. The maximum absolute atomic E-state index is 12.7. The number of nitrogens with one attached hydrogen (secondary N) is 3. The maximum Gasteiger partial charge on any atom is 0.226 e. The van der Waals surface area contributed by atoms with Gasteiger partial charge in [0, 0.05) is 11.8 Å². The summed E-state index contributed by atoms with van der Waals surface area (Å²) in [4.78, 5) is 12.7. The van der Waals surface area contributed by atoms with E-state index < -0.39 is 11.6 Å². The number of nitrogens with zero attached hydrogens (tertiary/aromatic N) is 1. The fraction of sp³-hybridized carbons (Fsp3) is 0.579. The van der Waals surface area contributed by atoms with Crippen LogP contribution in [0.15, 0.2) is 24.3 Å². The highest BCUT2D eigenvalue weighted by Gasteiger charge is 2.49. The van der Waals surface area contributed by atoms with E-state index in [2.05, 4.69) is 20.8 Å². The molecule has 3 heterocycles. The molecule has 7 nitrogen and oxygen atoms in total. The largest absolute Gasteiger partial charge is 0.388 e. The van der Waals surface area contributed by atoms with Crippen LogP contribution in [0.2, 0.25) is 0 Å². The van der Waals surface area contributed by atoms with Gasteiger partial charge in [-0.15, -0.1) is 12.4 Å². The SMILES string of the molecule is C[C@]1(NC(=O)Cc2[nH]nc3ccccc23)CC2(CCNCC2)OC[C@@H]1O.Cl. The zero-order valence-corrected chi connectivity index (χ0v) is 16.3. The third-order valence-electron chi connectivity index (χ3n) is 5.79. The lowest BCUT2D eigenvalue weighted by Crippen LogP contribution is -2.65. The second-order valence-electron chi connectivity index (χ2n) is 7.80. The summed E-state index contributed by atoms with van der Waals surface area (Å²) < 4.78 is 6.00. The molecule has 2 atom stereocenters. The van der Waals surface area contributed by atoms with Gasteiger partial charge in [-0.05, 0) is 38.9 Å². The summed E-state index contributed by atoms with van der Waals surface area (Å²) in [5, 5.41) is 25.1. The number of hydrogen-bond donors (Lipinski definition) is 4. The predicted octanol–water partition coefficient (Wildman–Crippen LogP) is 1.31. The fourth-order valence-corrected chi connectivity index (χ4v) is 4.28. The number of fused-ring (bicyclic) bond motifs is 1. The molecule has 27 heavy (non-hydrogen) atoms. The van der Waals surface area contributed by atoms with Crippen molar-refractivity contribution < 1.29 is 14.6 Å². The smallest absolute Gasteiger partial charge is 0.226 e. The van der Waals surface area contributed by atoms with Crippen molar-refractivity contribution in [1.82, 2.24) is 20.8 Å². The highest BCUT2D eigenvalue weighted by atomic mass is 35.5. The van der Waals surface area contributed by atoms with Crippen LogP contribution in [-0.4, -0.2) is 58.2 Å². The number of halogens is 1. The first kappa shape index (κ1) is 20.1. The Balaban J connectivity index is 0.00000210. The van der Waals surface area contributed by atoms with E-state index in [0.29, 0.717) is 6.42 Å². The highest BCUT2D eigenvalue weighted by Crippen LogP contribution is 2.38. The molecule has 0 saturated carbocycles. The minimum absolute atomic E-state index is 0. The van der Waals surface area contributed by atoms with Gasteiger partial charge in [-0.25, -0.2) is 0 Å². The van der Waals surface area contributed by atoms with E-state index in [1.165, 1.54) is 0 Å². The zero-order chi connectivity index (χ0) is 18.2. The standard InChI is InChI=1S/C19H26N4O3.ClH/c1-18(12-19(26-11-16(18)24)6-8-20-9-7-19)21-17(25)10-15-13-4-2-3-5-14(13)22-23-15;/h2-5,16,20,24H,6-12H2,1H3,(H,21,25)(H,22,23);1H/t16-,18-;/m0./s1. The third-order valence-corrected chi connectivity index (χ3v) is 5.79. The lowest BCUT2D eigenvalue weighted by molar-refractivity contribution is -0.174. The van der Waals surface area contributed by atoms with Crippen molar-refractivity contribution in [2.75, 3.05) is 19.7 Å². The molecule has 4 rings (SSSR count). The summed E-state index contributed by atoms with van der Waals surface area (Å²) >= 11 is 0. The number of carbonyl (C=O) groups is 1. The molecule has 0 aliphatic carbocycles. The van der Waals surface area contributed by atoms with Gasteiger partial charge < -0.3 is 20.5 Å². The van der Waals surface area contributed by atoms with Crippen LogP contribution in [0.4, 0.5) is 0 Å². The number of aromatic amines is 1. The molecule has 0 radical (unpaired) electrons. The Morgan fingerprint density at radius 2 is 2.11 bits per heavy atom. The lowest BCUT2D eigenvalue weighted by Gasteiger charge is -2.50. The number of aliphatic hydroxyl groups excluding tert-OH is 1. The number of hydrogen-bond acceptors (Lipinski definition) is 5. The van der Waals surface area contributed by atoms with E-state index in [0.717, 1.165) is 42.5 Å². The van der Waals surface area contributed by atoms with E-state index in [1.807, 2.05) is 31.2 Å². The van der Waals surface area contributed by atoms with E-state index >= 15 is 0 Å². The number of aliphatic hydroxyl groups is 1. The van der Waals surface area contributed by atoms with E-state index in [9.17, 15) is 9.90 Å². The maximum atomic E-state index is 12.7. The van der Waals surface area contributed by atoms with Crippen LogP contribution in [0.25, 0.3) is 10.9 Å². The van der Waals surface area contributed by atoms with Crippen molar-refractivity contribution in [3.8, 4) is 0 Å². The molecule has 1 aromatic carbocycles. The minimum atomic E-state index is -0.717. The molecule has 1 aromatic heterocycles. The van der Waals surface area contributed by atoms with E-state index in [4.69, 9.17) is 4.74 Å². The van der Waals surface area contributed by atoms with Crippen LogP contribution in [0.1, 0.15) is 31.9 Å². The van der Waals surface area contributed by atoms with Crippen LogP contribution in [0, 0.1) is 0 Å². The molecule has 4 N–H and O–H groups in total. The summed E-state index contributed by atoms with van der Waals surface area (Å²) in [6.45, 7) is 3.98. The molecule has 2 aliphatic rings. The normalized spacial score (nSPS) is 27.3. The molecular weight excluding hydrogens is 368 g/mol. The molecular formula is C19H27ClN4O3. The van der Waals surface area contributed by atoms with E-state index in [-0.39, 0.29) is 36.9 Å². The average Bonchev–Trinajstić information content (AvgIpc) is 3.02. The molecule has 2 aromatic rings. The van der Waals surface area contributed by atoms with Crippen molar-refractivity contribution in [2.24, 2.45) is 0 Å². The molecule has 2 saturated heterocycles. The number of amides is 1. The van der Waals surface area contributed by atoms with Crippen LogP contribution in [0.3, 0.4) is 0 Å². The number of carbonyl (C=O) groups excluding carboxylic acids is 1.